The van der Waals surface area contributed by atoms with E-state index in [0.717, 1.165) is 54.5 Å². The largest absolute Gasteiger partial charge is 0.493 e. The zero-order valence-corrected chi connectivity index (χ0v) is 24.2. The van der Waals surface area contributed by atoms with E-state index in [9.17, 15) is 9.59 Å². The summed E-state index contributed by atoms with van der Waals surface area (Å²) in [5, 5.41) is 3.26. The van der Waals surface area contributed by atoms with E-state index in [4.69, 9.17) is 20.2 Å². The molecule has 41 heavy (non-hydrogen) atoms. The van der Waals surface area contributed by atoms with Crippen molar-refractivity contribution in [2.24, 2.45) is 10.7 Å². The third-order valence-corrected chi connectivity index (χ3v) is 8.97. The van der Waals surface area contributed by atoms with Gasteiger partial charge in [-0.15, -0.1) is 0 Å². The number of benzene rings is 2. The van der Waals surface area contributed by atoms with E-state index >= 15 is 0 Å². The topological polar surface area (TPSA) is 106 Å². The number of nitrogens with zero attached hydrogens (tertiary/aromatic N) is 2. The van der Waals surface area contributed by atoms with Crippen LogP contribution < -0.4 is 20.5 Å². The number of carbonyl (C=O) groups is 2. The predicted molar refractivity (Wildman–Crippen MR) is 158 cm³/mol. The quantitative estimate of drug-likeness (QED) is 0.450. The van der Waals surface area contributed by atoms with E-state index in [1.54, 1.807) is 11.0 Å². The van der Waals surface area contributed by atoms with Crippen LogP contribution >= 0.6 is 0 Å². The molecular formula is C33H40N4O4. The zero-order valence-electron chi connectivity index (χ0n) is 24.2. The zero-order chi connectivity index (χ0) is 28.8. The number of carbonyl (C=O) groups excluding carboxylic acids is 2. The molecule has 8 heteroatoms. The predicted octanol–water partition coefficient (Wildman–Crippen LogP) is 5.52. The molecule has 2 amide bonds. The van der Waals surface area contributed by atoms with Crippen LogP contribution in [-0.4, -0.2) is 40.4 Å². The van der Waals surface area contributed by atoms with Crippen LogP contribution in [0.15, 0.2) is 53.5 Å². The van der Waals surface area contributed by atoms with Crippen molar-refractivity contribution in [2.75, 3.05) is 6.61 Å². The molecule has 0 aliphatic carbocycles. The Morgan fingerprint density at radius 1 is 1.10 bits per heavy atom. The first-order chi connectivity index (χ1) is 19.7. The molecule has 7 aliphatic heterocycles. The maximum atomic E-state index is 13.7. The molecule has 2 aromatic rings. The van der Waals surface area contributed by atoms with Crippen molar-refractivity contribution >= 4 is 17.8 Å². The highest BCUT2D eigenvalue weighted by Gasteiger charge is 2.42. The van der Waals surface area contributed by atoms with Gasteiger partial charge in [0.25, 0.3) is 5.91 Å². The average Bonchev–Trinajstić information content (AvgIpc) is 2.93. The number of nitrogens with one attached hydrogen (secondary N) is 1. The smallest absolute Gasteiger partial charge is 0.251 e. The molecule has 7 aliphatic rings. The molecule has 0 saturated heterocycles. The van der Waals surface area contributed by atoms with Crippen LogP contribution in [0.25, 0.3) is 0 Å². The second kappa shape index (κ2) is 10.5. The molecular weight excluding hydrogens is 516 g/mol. The van der Waals surface area contributed by atoms with E-state index in [1.165, 1.54) is 0 Å². The lowest BCUT2D eigenvalue weighted by atomic mass is 9.84. The van der Waals surface area contributed by atoms with Crippen molar-refractivity contribution in [1.82, 2.24) is 10.2 Å². The van der Waals surface area contributed by atoms with Gasteiger partial charge in [-0.3, -0.25) is 14.5 Å². The fraction of sp³-hybridized carbons (Fsp3) is 0.485. The minimum absolute atomic E-state index is 0.0213. The Hall–Kier alpha value is -3.81. The van der Waals surface area contributed by atoms with E-state index in [2.05, 4.69) is 56.4 Å². The Bertz CT molecular complexity index is 1430. The molecule has 2 aromatic carbocycles. The second-order valence-corrected chi connectivity index (χ2v) is 12.4. The first kappa shape index (κ1) is 27.4. The van der Waals surface area contributed by atoms with Gasteiger partial charge in [0.2, 0.25) is 5.91 Å². The third kappa shape index (κ3) is 5.32. The van der Waals surface area contributed by atoms with E-state index < -0.39 is 11.1 Å². The van der Waals surface area contributed by atoms with Gasteiger partial charge in [-0.2, -0.15) is 0 Å². The summed E-state index contributed by atoms with van der Waals surface area (Å²) in [5.74, 6) is 1.55. The fourth-order valence-electron chi connectivity index (χ4n) is 6.75. The summed E-state index contributed by atoms with van der Waals surface area (Å²) in [6.45, 7) is 6.65. The van der Waals surface area contributed by atoms with Gasteiger partial charge in [-0.1, -0.05) is 31.2 Å². The maximum Gasteiger partial charge on any atom is 0.251 e. The molecule has 3 atom stereocenters. The van der Waals surface area contributed by atoms with E-state index in [-0.39, 0.29) is 29.9 Å². The van der Waals surface area contributed by atoms with Crippen LogP contribution in [0.2, 0.25) is 0 Å². The van der Waals surface area contributed by atoms with Crippen LogP contribution in [0.5, 0.6) is 11.5 Å². The molecule has 216 valence electrons. The first-order valence-corrected chi connectivity index (χ1v) is 14.9. The molecule has 9 rings (SSSR count). The Balaban J connectivity index is 1.41. The number of hydrogen-bond donors (Lipinski definition) is 2. The number of hydrogen-bond acceptors (Lipinski definition) is 6. The van der Waals surface area contributed by atoms with Crippen molar-refractivity contribution in [3.8, 4) is 11.5 Å². The lowest BCUT2D eigenvalue weighted by molar-refractivity contribution is -0.132. The molecule has 3 unspecified atom stereocenters. The van der Waals surface area contributed by atoms with Gasteiger partial charge in [0.15, 0.2) is 5.96 Å². The number of rotatable bonds is 1. The van der Waals surface area contributed by atoms with Crippen molar-refractivity contribution in [3.63, 3.8) is 0 Å². The summed E-state index contributed by atoms with van der Waals surface area (Å²) >= 11 is 0. The third-order valence-electron chi connectivity index (χ3n) is 8.97. The summed E-state index contributed by atoms with van der Waals surface area (Å²) in [5.41, 5.74) is 9.09. The SMILES string of the molecule is CCC12CCC/C=C/Cc3ccc4c(c3)OC(C)(C)CC4NC(=O)c3ccc4c(c3)C(CCO4)N(C(=O)C1)C(N)=N2. The van der Waals surface area contributed by atoms with Crippen molar-refractivity contribution in [2.45, 2.75) is 95.4 Å². The average molecular weight is 557 g/mol. The van der Waals surface area contributed by atoms with E-state index in [0.29, 0.717) is 37.2 Å². The summed E-state index contributed by atoms with van der Waals surface area (Å²) < 4.78 is 12.3. The van der Waals surface area contributed by atoms with Gasteiger partial charge < -0.3 is 20.5 Å². The molecule has 8 nitrogen and oxygen atoms in total. The van der Waals surface area contributed by atoms with Crippen LogP contribution in [0.4, 0.5) is 0 Å². The number of guanidine groups is 1. The molecule has 7 heterocycles. The number of nitrogens with two attached hydrogens (primary N) is 1. The van der Waals surface area contributed by atoms with Crippen molar-refractivity contribution < 1.29 is 19.1 Å². The molecule has 0 radical (unpaired) electrons. The normalized spacial score (nSPS) is 28.1. The van der Waals surface area contributed by atoms with Gasteiger partial charge >= 0.3 is 0 Å². The van der Waals surface area contributed by atoms with Crippen molar-refractivity contribution in [3.05, 3.63) is 70.8 Å². The maximum absolute atomic E-state index is 13.7. The van der Waals surface area contributed by atoms with Crippen LogP contribution in [0.1, 0.15) is 105 Å². The summed E-state index contributed by atoms with van der Waals surface area (Å²) in [4.78, 5) is 34.0. The lowest BCUT2D eigenvalue weighted by Crippen LogP contribution is -2.53. The lowest BCUT2D eigenvalue weighted by Gasteiger charge is -2.42. The van der Waals surface area contributed by atoms with Crippen LogP contribution in [0.3, 0.4) is 0 Å². The summed E-state index contributed by atoms with van der Waals surface area (Å²) in [7, 11) is 0. The standard InChI is InChI=1S/C33H40N4O4/c1-4-33-15-8-6-5-7-9-21-10-12-23-25(19-32(2,3)41-28(23)17-21)35-30(39)22-11-13-27-24(18-22)26(14-16-40-27)37(29(38)20-33)31(34)36-33/h5,7,10-13,17-18,25-26H,4,6,8-9,14-16,19-20H2,1-3H3,(H2,34,36)(H,35,39)/b7-5+. The number of aliphatic imine (C=N–C) groups is 1. The van der Waals surface area contributed by atoms with Crippen molar-refractivity contribution in [1.29, 1.82) is 0 Å². The molecule has 0 aromatic heterocycles. The fourth-order valence-corrected chi connectivity index (χ4v) is 6.75. The minimum atomic E-state index is -0.487. The Kier molecular flexibility index (Phi) is 7.04. The molecule has 0 fully saturated rings. The van der Waals surface area contributed by atoms with Gasteiger partial charge in [-0.05, 0) is 75.8 Å². The first-order valence-electron chi connectivity index (χ1n) is 14.9. The second-order valence-electron chi connectivity index (χ2n) is 12.4. The summed E-state index contributed by atoms with van der Waals surface area (Å²) in [6.07, 6.45) is 10.1. The summed E-state index contributed by atoms with van der Waals surface area (Å²) in [6, 6.07) is 11.2. The number of allylic oxidation sites excluding steroid dienone is 2. The van der Waals surface area contributed by atoms with Gasteiger partial charge in [-0.25, -0.2) is 4.99 Å². The van der Waals surface area contributed by atoms with Gasteiger partial charge in [0.05, 0.1) is 30.7 Å². The van der Waals surface area contributed by atoms with Crippen LogP contribution in [0, 0.1) is 0 Å². The molecule has 8 bridgehead atoms. The number of amides is 2. The highest BCUT2D eigenvalue weighted by Crippen LogP contribution is 2.42. The van der Waals surface area contributed by atoms with Gasteiger partial charge in [0.1, 0.15) is 17.1 Å². The highest BCUT2D eigenvalue weighted by molar-refractivity contribution is 6.00. The Labute approximate surface area is 242 Å². The molecule has 0 spiro atoms. The molecule has 0 saturated carbocycles. The Morgan fingerprint density at radius 2 is 1.95 bits per heavy atom. The number of ether oxygens (including phenoxy) is 2. The molecule has 3 N–H and O–H groups in total. The van der Waals surface area contributed by atoms with E-state index in [1.807, 2.05) is 12.1 Å². The monoisotopic (exact) mass is 556 g/mol. The van der Waals surface area contributed by atoms with Crippen LogP contribution in [-0.2, 0) is 11.2 Å². The van der Waals surface area contributed by atoms with Gasteiger partial charge in [0, 0.05) is 29.5 Å². The Morgan fingerprint density at radius 3 is 2.76 bits per heavy atom. The highest BCUT2D eigenvalue weighted by atomic mass is 16.5. The minimum Gasteiger partial charge on any atom is -0.493 e.